The smallest absolute Gasteiger partial charge is 0.232 e. The first-order valence-corrected chi connectivity index (χ1v) is 12.1. The number of hydrogen-bond acceptors (Lipinski definition) is 13. The number of piperidine rings is 2. The summed E-state index contributed by atoms with van der Waals surface area (Å²) < 4.78 is 16.4. The highest BCUT2D eigenvalue weighted by Crippen LogP contribution is 2.38. The quantitative estimate of drug-likeness (QED) is 0.303. The Morgan fingerprint density at radius 1 is 0.750 bits per heavy atom. The molecule has 9 N–H and O–H groups in total. The molecular weight excluding hydrogens is 464 g/mol. The highest BCUT2D eigenvalue weighted by Gasteiger charge is 2.28. The van der Waals surface area contributed by atoms with Gasteiger partial charge in [-0.1, -0.05) is 0 Å². The first kappa shape index (κ1) is 25.9. The molecule has 0 bridgehead atoms. The van der Waals surface area contributed by atoms with E-state index in [1.54, 1.807) is 21.3 Å². The van der Waals surface area contributed by atoms with E-state index in [2.05, 4.69) is 5.32 Å². The van der Waals surface area contributed by atoms with E-state index < -0.39 is 0 Å². The average molecular weight is 503 g/mol. The van der Waals surface area contributed by atoms with Crippen LogP contribution in [0, 0.1) is 0 Å². The van der Waals surface area contributed by atoms with Gasteiger partial charge in [0.2, 0.25) is 23.6 Å². The van der Waals surface area contributed by atoms with Crippen molar-refractivity contribution in [1.29, 1.82) is 0 Å². The number of aromatic nitrogens is 3. The van der Waals surface area contributed by atoms with Gasteiger partial charge in [0, 0.05) is 56.9 Å². The second kappa shape index (κ2) is 11.3. The van der Waals surface area contributed by atoms with Gasteiger partial charge >= 0.3 is 0 Å². The summed E-state index contributed by atoms with van der Waals surface area (Å²) in [7, 11) is 4.74. The number of ether oxygens (including phenoxy) is 3. The number of anilines is 3. The van der Waals surface area contributed by atoms with Crippen molar-refractivity contribution in [3.8, 4) is 17.2 Å². The van der Waals surface area contributed by atoms with Crippen LogP contribution in [0.3, 0.4) is 0 Å². The number of methoxy groups -OCH3 is 3. The van der Waals surface area contributed by atoms with Crippen molar-refractivity contribution in [3.05, 3.63) is 17.7 Å². The fourth-order valence-electron chi connectivity index (χ4n) is 4.82. The second-order valence-electron chi connectivity index (χ2n) is 9.47. The Morgan fingerprint density at radius 3 is 1.58 bits per heavy atom. The molecule has 1 aromatic heterocycles. The molecule has 2 fully saturated rings. The van der Waals surface area contributed by atoms with E-state index in [0.29, 0.717) is 67.8 Å². The summed E-state index contributed by atoms with van der Waals surface area (Å²) in [6, 6.07) is 3.54. The monoisotopic (exact) mass is 502 g/mol. The maximum absolute atomic E-state index is 6.24. The predicted molar refractivity (Wildman–Crippen MR) is 139 cm³/mol. The number of nitrogens with two attached hydrogens (primary N) is 4. The third-order valence-electron chi connectivity index (χ3n) is 6.38. The molecule has 2 aliphatic rings. The third-order valence-corrected chi connectivity index (χ3v) is 6.38. The van der Waals surface area contributed by atoms with Crippen LogP contribution in [0.2, 0.25) is 0 Å². The molecule has 13 heteroatoms. The Balaban J connectivity index is 1.63. The topological polar surface area (TPSA) is 189 Å². The lowest BCUT2D eigenvalue weighted by atomic mass is 10.0. The summed E-state index contributed by atoms with van der Waals surface area (Å²) in [5, 5.41) is 3.31. The Kier molecular flexibility index (Phi) is 8.14. The van der Waals surface area contributed by atoms with Crippen LogP contribution in [0.4, 0.5) is 17.8 Å². The van der Waals surface area contributed by atoms with Gasteiger partial charge in [0.15, 0.2) is 11.5 Å². The van der Waals surface area contributed by atoms with Gasteiger partial charge in [-0.05, 0) is 30.5 Å². The summed E-state index contributed by atoms with van der Waals surface area (Å²) in [5.41, 5.74) is 25.8. The summed E-state index contributed by atoms with van der Waals surface area (Å²) in [6.07, 6.45) is 1.52. The number of benzene rings is 1. The molecule has 36 heavy (non-hydrogen) atoms. The van der Waals surface area contributed by atoms with Crippen LogP contribution in [0.15, 0.2) is 12.1 Å². The molecule has 13 nitrogen and oxygen atoms in total. The van der Waals surface area contributed by atoms with Crippen molar-refractivity contribution in [3.63, 3.8) is 0 Å². The lowest BCUT2D eigenvalue weighted by Gasteiger charge is -2.37. The highest BCUT2D eigenvalue weighted by molar-refractivity contribution is 5.54. The van der Waals surface area contributed by atoms with E-state index in [4.69, 9.17) is 52.1 Å². The number of nitrogens with zero attached hydrogens (tertiary/aromatic N) is 5. The van der Waals surface area contributed by atoms with Crippen LogP contribution < -0.4 is 52.3 Å². The molecule has 4 rings (SSSR count). The molecule has 0 aliphatic carbocycles. The van der Waals surface area contributed by atoms with Gasteiger partial charge in [0.05, 0.1) is 21.3 Å². The molecule has 4 atom stereocenters. The molecule has 2 aromatic rings. The summed E-state index contributed by atoms with van der Waals surface area (Å²) in [4.78, 5) is 18.2. The van der Waals surface area contributed by atoms with Crippen molar-refractivity contribution < 1.29 is 14.2 Å². The fourth-order valence-corrected chi connectivity index (χ4v) is 4.82. The van der Waals surface area contributed by atoms with Gasteiger partial charge in [-0.3, -0.25) is 0 Å². The first-order valence-electron chi connectivity index (χ1n) is 12.1. The Hall–Kier alpha value is -3.13. The van der Waals surface area contributed by atoms with Crippen molar-refractivity contribution in [2.45, 2.75) is 43.6 Å². The zero-order valence-electron chi connectivity index (χ0n) is 21.2. The van der Waals surface area contributed by atoms with Crippen LogP contribution in [-0.4, -0.2) is 86.6 Å². The van der Waals surface area contributed by atoms with Gasteiger partial charge in [0.1, 0.15) is 0 Å². The van der Waals surface area contributed by atoms with E-state index in [9.17, 15) is 0 Å². The van der Waals surface area contributed by atoms with Crippen LogP contribution in [0.1, 0.15) is 18.4 Å². The molecular formula is C23H38N10O3. The largest absolute Gasteiger partial charge is 0.493 e. The molecule has 3 heterocycles. The Bertz CT molecular complexity index is 952. The van der Waals surface area contributed by atoms with Crippen molar-refractivity contribution in [2.24, 2.45) is 22.9 Å². The van der Waals surface area contributed by atoms with Gasteiger partial charge in [-0.25, -0.2) is 0 Å². The van der Waals surface area contributed by atoms with Crippen LogP contribution >= 0.6 is 0 Å². The SMILES string of the molecule is COc1cc(CNc2nc(N3CC(N)CC(N)C3)nc(N3CC(N)CC(N)C3)n2)cc(OC)c1OC. The lowest BCUT2D eigenvalue weighted by molar-refractivity contribution is 0.324. The van der Waals surface area contributed by atoms with E-state index in [1.807, 2.05) is 21.9 Å². The van der Waals surface area contributed by atoms with Gasteiger partial charge in [0.25, 0.3) is 0 Å². The second-order valence-corrected chi connectivity index (χ2v) is 9.47. The Labute approximate surface area is 211 Å². The molecule has 0 amide bonds. The van der Waals surface area contributed by atoms with E-state index in [1.165, 1.54) is 0 Å². The van der Waals surface area contributed by atoms with Gasteiger partial charge in [-0.2, -0.15) is 15.0 Å². The molecule has 2 saturated heterocycles. The van der Waals surface area contributed by atoms with E-state index in [0.717, 1.165) is 18.4 Å². The van der Waals surface area contributed by atoms with Crippen LogP contribution in [0.5, 0.6) is 17.2 Å². The Morgan fingerprint density at radius 2 is 1.19 bits per heavy atom. The first-order chi connectivity index (χ1) is 17.3. The molecule has 1 aromatic carbocycles. The van der Waals surface area contributed by atoms with Gasteiger partial charge in [-0.15, -0.1) is 0 Å². The number of nitrogens with one attached hydrogen (secondary N) is 1. The lowest BCUT2D eigenvalue weighted by Crippen LogP contribution is -2.54. The zero-order chi connectivity index (χ0) is 25.8. The normalized spacial score (nSPS) is 24.4. The average Bonchev–Trinajstić information content (AvgIpc) is 2.85. The van der Waals surface area contributed by atoms with Crippen LogP contribution in [0.25, 0.3) is 0 Å². The van der Waals surface area contributed by atoms with E-state index in [-0.39, 0.29) is 24.2 Å². The molecule has 198 valence electrons. The maximum Gasteiger partial charge on any atom is 0.232 e. The standard InChI is InChI=1S/C23H38N10O3/c1-34-18-4-13(5-19(35-2)20(18)36-3)8-28-21-29-22(32-9-14(24)6-15(25)10-32)31-23(30-21)33-11-16(26)7-17(27)12-33/h4-5,14-17H,6-12,24-27H2,1-3H3,(H,28,29,30,31). The minimum absolute atomic E-state index is 0.0542. The van der Waals surface area contributed by atoms with Crippen LogP contribution in [-0.2, 0) is 6.54 Å². The van der Waals surface area contributed by atoms with E-state index >= 15 is 0 Å². The molecule has 0 saturated carbocycles. The number of hydrogen-bond donors (Lipinski definition) is 5. The summed E-state index contributed by atoms with van der Waals surface area (Å²) in [6.45, 7) is 2.87. The molecule has 2 aliphatic heterocycles. The highest BCUT2D eigenvalue weighted by atomic mass is 16.5. The molecule has 0 radical (unpaired) electrons. The third kappa shape index (κ3) is 5.98. The van der Waals surface area contributed by atoms with Gasteiger partial charge < -0.3 is 52.3 Å². The van der Waals surface area contributed by atoms with Crippen molar-refractivity contribution in [2.75, 3.05) is 62.6 Å². The van der Waals surface area contributed by atoms with Crippen molar-refractivity contribution >= 4 is 17.8 Å². The maximum atomic E-state index is 6.24. The predicted octanol–water partition coefficient (Wildman–Crippen LogP) is -0.761. The number of rotatable bonds is 8. The molecule has 4 unspecified atom stereocenters. The summed E-state index contributed by atoms with van der Waals surface area (Å²) in [5.74, 6) is 3.13. The zero-order valence-corrected chi connectivity index (χ0v) is 21.2. The summed E-state index contributed by atoms with van der Waals surface area (Å²) >= 11 is 0. The fraction of sp³-hybridized carbons (Fsp3) is 0.609. The minimum Gasteiger partial charge on any atom is -0.493 e. The van der Waals surface area contributed by atoms with Crippen molar-refractivity contribution in [1.82, 2.24) is 15.0 Å². The minimum atomic E-state index is -0.0542. The molecule has 0 spiro atoms.